The fraction of sp³-hybridized carbons (Fsp3) is 0.409. The molecular weight excluding hydrogens is 462 g/mol. The first kappa shape index (κ1) is 23.6. The Labute approximate surface area is 197 Å². The third-order valence-electron chi connectivity index (χ3n) is 5.08. The molecule has 2 aromatic heterocycles. The van der Waals surface area contributed by atoms with Crippen molar-refractivity contribution in [1.29, 1.82) is 0 Å². The number of sulfonamides is 1. The minimum atomic E-state index is -3.64. The Balaban J connectivity index is 1.32. The largest absolute Gasteiger partial charge is 0.338 e. The van der Waals surface area contributed by atoms with Crippen LogP contribution >= 0.6 is 11.3 Å². The second-order valence-electron chi connectivity index (χ2n) is 8.94. The fourth-order valence-corrected chi connectivity index (χ4v) is 5.61. The van der Waals surface area contributed by atoms with Gasteiger partial charge in [-0.05, 0) is 56.5 Å². The summed E-state index contributed by atoms with van der Waals surface area (Å²) in [4.78, 5) is 22.4. The first-order valence-corrected chi connectivity index (χ1v) is 13.0. The van der Waals surface area contributed by atoms with E-state index in [1.807, 2.05) is 17.5 Å². The van der Waals surface area contributed by atoms with Gasteiger partial charge in [-0.15, -0.1) is 11.3 Å². The molecule has 0 spiro atoms. The van der Waals surface area contributed by atoms with E-state index in [2.05, 4.69) is 19.8 Å². The van der Waals surface area contributed by atoms with E-state index in [0.717, 1.165) is 4.88 Å². The molecule has 1 aromatic carbocycles. The average molecular weight is 490 g/mol. The van der Waals surface area contributed by atoms with Crippen LogP contribution in [0.1, 0.15) is 37.0 Å². The molecule has 3 heterocycles. The van der Waals surface area contributed by atoms with E-state index in [4.69, 9.17) is 4.52 Å². The maximum absolute atomic E-state index is 12.9. The molecule has 1 amide bonds. The minimum Gasteiger partial charge on any atom is -0.338 e. The molecule has 1 fully saturated rings. The Hall–Kier alpha value is -2.60. The number of nitrogens with one attached hydrogen (secondary N) is 1. The van der Waals surface area contributed by atoms with Crippen molar-refractivity contribution >= 4 is 27.3 Å². The summed E-state index contributed by atoms with van der Waals surface area (Å²) in [5.74, 6) is 1.04. The van der Waals surface area contributed by atoms with Gasteiger partial charge in [0.05, 0.1) is 16.3 Å². The van der Waals surface area contributed by atoms with Gasteiger partial charge in [-0.1, -0.05) is 11.2 Å². The van der Waals surface area contributed by atoms with Crippen molar-refractivity contribution in [2.24, 2.45) is 0 Å². The topological polar surface area (TPSA) is 109 Å². The summed E-state index contributed by atoms with van der Waals surface area (Å²) in [6.07, 6.45) is 0. The predicted octanol–water partition coefficient (Wildman–Crippen LogP) is 2.83. The van der Waals surface area contributed by atoms with Gasteiger partial charge in [0.2, 0.25) is 21.7 Å². The normalized spacial score (nSPS) is 15.7. The van der Waals surface area contributed by atoms with Crippen molar-refractivity contribution < 1.29 is 17.7 Å². The number of rotatable bonds is 6. The first-order valence-electron chi connectivity index (χ1n) is 10.6. The zero-order valence-electron chi connectivity index (χ0n) is 18.8. The van der Waals surface area contributed by atoms with Gasteiger partial charge in [0.1, 0.15) is 0 Å². The van der Waals surface area contributed by atoms with Gasteiger partial charge in [-0.2, -0.15) is 4.98 Å². The van der Waals surface area contributed by atoms with Gasteiger partial charge in [-0.3, -0.25) is 9.69 Å². The third-order valence-corrected chi connectivity index (χ3v) is 7.72. The van der Waals surface area contributed by atoms with Crippen LogP contribution < -0.4 is 4.72 Å². The quantitative estimate of drug-likeness (QED) is 0.567. The van der Waals surface area contributed by atoms with Gasteiger partial charge in [0, 0.05) is 37.3 Å². The van der Waals surface area contributed by atoms with Gasteiger partial charge in [0.25, 0.3) is 5.91 Å². The van der Waals surface area contributed by atoms with Crippen LogP contribution in [0.5, 0.6) is 0 Å². The van der Waals surface area contributed by atoms with Crippen LogP contribution in [0.2, 0.25) is 0 Å². The first-order chi connectivity index (χ1) is 15.6. The Kier molecular flexibility index (Phi) is 6.66. The molecule has 0 atom stereocenters. The van der Waals surface area contributed by atoms with Crippen molar-refractivity contribution in [2.45, 2.75) is 37.8 Å². The van der Waals surface area contributed by atoms with E-state index < -0.39 is 15.6 Å². The molecule has 1 N–H and O–H groups in total. The lowest BCUT2D eigenvalue weighted by molar-refractivity contribution is 0.0615. The molecule has 4 rings (SSSR count). The molecule has 1 aliphatic heterocycles. The molecule has 1 saturated heterocycles. The maximum atomic E-state index is 12.9. The summed E-state index contributed by atoms with van der Waals surface area (Å²) in [7, 11) is -3.64. The van der Waals surface area contributed by atoms with E-state index in [0.29, 0.717) is 50.0 Å². The molecule has 3 aromatic rings. The fourth-order valence-electron chi connectivity index (χ4n) is 3.55. The number of benzene rings is 1. The highest BCUT2D eigenvalue weighted by Crippen LogP contribution is 2.22. The highest BCUT2D eigenvalue weighted by atomic mass is 32.2. The Morgan fingerprint density at radius 2 is 1.82 bits per heavy atom. The van der Waals surface area contributed by atoms with Crippen LogP contribution in [0, 0.1) is 0 Å². The molecule has 0 bridgehead atoms. The molecule has 11 heteroatoms. The highest BCUT2D eigenvalue weighted by molar-refractivity contribution is 7.89. The van der Waals surface area contributed by atoms with Crippen molar-refractivity contribution in [2.75, 3.05) is 26.2 Å². The van der Waals surface area contributed by atoms with Crippen molar-refractivity contribution in [3.63, 3.8) is 0 Å². The number of hydrogen-bond donors (Lipinski definition) is 1. The van der Waals surface area contributed by atoms with E-state index in [1.54, 1.807) is 49.1 Å². The predicted molar refractivity (Wildman–Crippen MR) is 125 cm³/mol. The lowest BCUT2D eigenvalue weighted by Crippen LogP contribution is -2.48. The summed E-state index contributed by atoms with van der Waals surface area (Å²) in [5, 5.41) is 6.01. The van der Waals surface area contributed by atoms with Gasteiger partial charge in [0.15, 0.2) is 0 Å². The van der Waals surface area contributed by atoms with Crippen LogP contribution in [0.4, 0.5) is 0 Å². The molecule has 9 nitrogen and oxygen atoms in total. The van der Waals surface area contributed by atoms with E-state index in [1.165, 1.54) is 12.1 Å². The number of amides is 1. The number of carbonyl (C=O) groups excluding carboxylic acids is 1. The Morgan fingerprint density at radius 3 is 2.42 bits per heavy atom. The number of piperazine rings is 1. The van der Waals surface area contributed by atoms with Gasteiger partial charge >= 0.3 is 0 Å². The van der Waals surface area contributed by atoms with Crippen LogP contribution in [-0.4, -0.2) is 66.0 Å². The minimum absolute atomic E-state index is 0.111. The van der Waals surface area contributed by atoms with E-state index in [-0.39, 0.29) is 10.8 Å². The number of aromatic nitrogens is 2. The summed E-state index contributed by atoms with van der Waals surface area (Å²) in [6, 6.07) is 9.97. The van der Waals surface area contributed by atoms with Gasteiger partial charge in [-0.25, -0.2) is 13.1 Å². The van der Waals surface area contributed by atoms with Crippen LogP contribution in [-0.2, 0) is 16.6 Å². The van der Waals surface area contributed by atoms with Crippen molar-refractivity contribution in [3.8, 4) is 10.7 Å². The smallest absolute Gasteiger partial charge is 0.253 e. The summed E-state index contributed by atoms with van der Waals surface area (Å²) < 4.78 is 32.9. The van der Waals surface area contributed by atoms with Crippen LogP contribution in [0.3, 0.4) is 0 Å². The van der Waals surface area contributed by atoms with E-state index >= 15 is 0 Å². The average Bonchev–Trinajstić information content (AvgIpc) is 3.44. The second kappa shape index (κ2) is 9.34. The van der Waals surface area contributed by atoms with E-state index in [9.17, 15) is 13.2 Å². The van der Waals surface area contributed by atoms with Crippen molar-refractivity contribution in [3.05, 3.63) is 53.2 Å². The molecule has 1 aliphatic rings. The lowest BCUT2D eigenvalue weighted by Gasteiger charge is -2.34. The molecule has 0 radical (unpaired) electrons. The SMILES string of the molecule is CC(C)(C)NS(=O)(=O)c1ccc(C(=O)N2CCN(Cc3nc(-c4cccs4)no3)CC2)cc1. The van der Waals surface area contributed by atoms with Crippen LogP contribution in [0.15, 0.2) is 51.2 Å². The maximum Gasteiger partial charge on any atom is 0.253 e. The standard InChI is InChI=1S/C22H27N5O4S2/c1-22(2,3)25-33(29,30)17-8-6-16(7-9-17)21(28)27-12-10-26(11-13-27)15-19-23-20(24-31-19)18-5-4-14-32-18/h4-9,14,25H,10-13,15H2,1-3H3. The molecule has 176 valence electrons. The molecule has 0 saturated carbocycles. The second-order valence-corrected chi connectivity index (χ2v) is 11.6. The van der Waals surface area contributed by atoms with Crippen LogP contribution in [0.25, 0.3) is 10.7 Å². The molecule has 0 aliphatic carbocycles. The zero-order chi connectivity index (χ0) is 23.6. The number of thiophene rings is 1. The molecule has 0 unspecified atom stereocenters. The number of nitrogens with zero attached hydrogens (tertiary/aromatic N) is 4. The van der Waals surface area contributed by atoms with Crippen molar-refractivity contribution in [1.82, 2.24) is 24.7 Å². The lowest BCUT2D eigenvalue weighted by atomic mass is 10.1. The molecule has 33 heavy (non-hydrogen) atoms. The monoisotopic (exact) mass is 489 g/mol. The summed E-state index contributed by atoms with van der Waals surface area (Å²) in [5.41, 5.74) is -0.115. The summed E-state index contributed by atoms with van der Waals surface area (Å²) >= 11 is 1.56. The summed E-state index contributed by atoms with van der Waals surface area (Å²) in [6.45, 7) is 8.38. The Bertz CT molecular complexity index is 1190. The number of carbonyl (C=O) groups is 1. The highest BCUT2D eigenvalue weighted by Gasteiger charge is 2.25. The zero-order valence-corrected chi connectivity index (χ0v) is 20.4. The third kappa shape index (κ3) is 5.85. The number of hydrogen-bond acceptors (Lipinski definition) is 8. The van der Waals surface area contributed by atoms with Gasteiger partial charge < -0.3 is 9.42 Å². The Morgan fingerprint density at radius 1 is 1.12 bits per heavy atom. The molecular formula is C22H27N5O4S2.